The van der Waals surface area contributed by atoms with Crippen LogP contribution in [0, 0.1) is 24.4 Å². The summed E-state index contributed by atoms with van der Waals surface area (Å²) in [5, 5.41) is 2.18. The number of benzene rings is 4. The van der Waals surface area contributed by atoms with Crippen LogP contribution in [0.1, 0.15) is 48.5 Å². The first-order valence-corrected chi connectivity index (χ1v) is 16.5. The van der Waals surface area contributed by atoms with Crippen LogP contribution in [0.3, 0.4) is 0 Å². The van der Waals surface area contributed by atoms with E-state index in [1.54, 1.807) is 12.3 Å². The summed E-state index contributed by atoms with van der Waals surface area (Å²) in [6.07, 6.45) is 5.54. The number of hydrogen-bond donors (Lipinski definition) is 0. The molecule has 0 unspecified atom stereocenters. The number of ether oxygens (including phenoxy) is 1. The van der Waals surface area contributed by atoms with Gasteiger partial charge in [0.2, 0.25) is 0 Å². The van der Waals surface area contributed by atoms with Crippen LogP contribution in [0.5, 0.6) is 11.5 Å². The summed E-state index contributed by atoms with van der Waals surface area (Å²) in [5.41, 5.74) is 6.29. The van der Waals surface area contributed by atoms with E-state index in [1.807, 2.05) is 89.8 Å². The van der Waals surface area contributed by atoms with Gasteiger partial charge in [-0.15, -0.1) is 17.5 Å². The zero-order valence-corrected chi connectivity index (χ0v) is 30.8. The molecule has 0 saturated heterocycles. The van der Waals surface area contributed by atoms with Gasteiger partial charge in [0.25, 0.3) is 6.33 Å². The summed E-state index contributed by atoms with van der Waals surface area (Å²) in [6.45, 7) is 10.4. The quantitative estimate of drug-likeness (QED) is 0.119. The van der Waals surface area contributed by atoms with E-state index in [1.165, 1.54) is 5.56 Å². The maximum Gasteiger partial charge on any atom is 0.269 e. The fourth-order valence-corrected chi connectivity index (χ4v) is 6.31. The molecule has 8 aromatic rings. The Hall–Kier alpha value is -5.06. The largest absolute Gasteiger partial charge is 0.522 e. The van der Waals surface area contributed by atoms with E-state index >= 15 is 0 Å². The third kappa shape index (κ3) is 6.25. The van der Waals surface area contributed by atoms with E-state index in [2.05, 4.69) is 85.2 Å². The molecule has 0 fully saturated rings. The molecule has 0 atom stereocenters. The van der Waals surface area contributed by atoms with Gasteiger partial charge in [-0.2, -0.15) is 18.2 Å². The summed E-state index contributed by atoms with van der Waals surface area (Å²) >= 11 is 0. The maximum absolute atomic E-state index is 8.66. The van der Waals surface area contributed by atoms with Gasteiger partial charge in [0.1, 0.15) is 5.82 Å². The van der Waals surface area contributed by atoms with Gasteiger partial charge in [-0.3, -0.25) is 14.1 Å². The predicted octanol–water partition coefficient (Wildman–Crippen LogP) is 9.48. The van der Waals surface area contributed by atoms with Crippen LogP contribution >= 0.6 is 0 Å². The third-order valence-electron chi connectivity index (χ3n) is 8.61. The molecule has 4 aromatic heterocycles. The summed E-state index contributed by atoms with van der Waals surface area (Å²) in [7, 11) is 0. The van der Waals surface area contributed by atoms with Gasteiger partial charge in [-0.25, -0.2) is 4.98 Å². The van der Waals surface area contributed by atoms with Crippen LogP contribution in [0.4, 0.5) is 0 Å². The van der Waals surface area contributed by atoms with E-state index < -0.39 is 6.37 Å². The number of aromatic nitrogens is 5. The number of pyridine rings is 2. The van der Waals surface area contributed by atoms with Crippen molar-refractivity contribution >= 4 is 32.8 Å². The third-order valence-corrected chi connectivity index (χ3v) is 8.61. The summed E-state index contributed by atoms with van der Waals surface area (Å²) in [5.74, 6) is 2.18. The summed E-state index contributed by atoms with van der Waals surface area (Å²) < 4.78 is 29.7. The predicted molar refractivity (Wildman–Crippen MR) is 195 cm³/mol. The van der Waals surface area contributed by atoms with Crippen molar-refractivity contribution in [1.29, 1.82) is 0 Å². The average molecular weight is 837 g/mol. The van der Waals surface area contributed by atoms with Gasteiger partial charge in [-0.1, -0.05) is 106 Å². The van der Waals surface area contributed by atoms with Crippen molar-refractivity contribution in [2.45, 2.75) is 46.4 Å². The topological polar surface area (TPSA) is 48.8 Å². The fraction of sp³-hybridized carbons (Fsp3) is 0.186. The van der Waals surface area contributed by atoms with Gasteiger partial charge in [0.15, 0.2) is 0 Å². The minimum Gasteiger partial charge on any atom is -0.522 e. The Kier molecular flexibility index (Phi) is 8.26. The van der Waals surface area contributed by atoms with Gasteiger partial charge in [0.05, 0.1) is 22.5 Å². The Morgan fingerprint density at radius 3 is 2.38 bits per heavy atom. The van der Waals surface area contributed by atoms with Crippen molar-refractivity contribution in [3.63, 3.8) is 0 Å². The molecule has 0 amide bonds. The first-order valence-electron chi connectivity index (χ1n) is 17.5. The second-order valence-electron chi connectivity index (χ2n) is 13.6. The molecule has 0 saturated carbocycles. The van der Waals surface area contributed by atoms with E-state index in [-0.39, 0.29) is 32.4 Å². The van der Waals surface area contributed by atoms with Crippen LogP contribution in [-0.4, -0.2) is 19.1 Å². The number of hydrogen-bond acceptors (Lipinski definition) is 3. The molecule has 7 heteroatoms. The van der Waals surface area contributed by atoms with E-state index in [0.717, 1.165) is 44.3 Å². The van der Waals surface area contributed by atoms with Crippen LogP contribution < -0.4 is 9.30 Å². The fourth-order valence-electron chi connectivity index (χ4n) is 6.31. The zero-order chi connectivity index (χ0) is 35.5. The monoisotopic (exact) mass is 836 g/mol. The molecule has 0 bridgehead atoms. The van der Waals surface area contributed by atoms with E-state index in [4.69, 9.17) is 12.5 Å². The Balaban J connectivity index is 0.00000420. The molecular formula is C43H37N5OPt-2. The molecular weight excluding hydrogens is 798 g/mol. The van der Waals surface area contributed by atoms with Crippen molar-refractivity contribution in [2.24, 2.45) is 5.92 Å². The zero-order valence-electron chi connectivity index (χ0n) is 30.5. The van der Waals surface area contributed by atoms with Gasteiger partial charge < -0.3 is 9.30 Å². The smallest absolute Gasteiger partial charge is 0.269 e. The average Bonchev–Trinajstić information content (AvgIpc) is 3.68. The molecule has 0 aliphatic carbocycles. The van der Waals surface area contributed by atoms with E-state index in [0.29, 0.717) is 22.9 Å². The summed E-state index contributed by atoms with van der Waals surface area (Å²) in [6, 6.07) is 40.8. The molecule has 0 N–H and O–H groups in total. The molecule has 0 aliphatic rings. The standard InChI is InChI=1S/C43H37N5O.Pt/c1-29(2)23-30-11-10-12-32(24-30)46-28-47(39-16-9-8-15-38(39)46)41-27-34(20-22-44-41)49-33-17-18-36-35-13-6-7-14-37(35)48(40(36)26-33)42-25-31(19-21-45-42)43(3,4)5;/h6-22,24-25,29H,23H2,1-5H3;/q-2;/i23D2;. The van der Waals surface area contributed by atoms with Crippen molar-refractivity contribution < 1.29 is 33.1 Å². The molecule has 4 aromatic carbocycles. The molecule has 8 rings (SSSR count). The van der Waals surface area contributed by atoms with Crippen molar-refractivity contribution in [1.82, 2.24) is 19.1 Å². The Morgan fingerprint density at radius 1 is 0.800 bits per heavy atom. The second-order valence-corrected chi connectivity index (χ2v) is 13.6. The number of nitrogens with zero attached hydrogens (tertiary/aromatic N) is 5. The number of rotatable bonds is 7. The minimum atomic E-state index is -1.47. The first kappa shape index (κ1) is 31.0. The van der Waals surface area contributed by atoms with Gasteiger partial charge in [0, 0.05) is 41.3 Å². The molecule has 0 spiro atoms. The van der Waals surface area contributed by atoms with Crippen LogP contribution in [0.15, 0.2) is 116 Å². The SMILES string of the molecule is [2H]C([2H])(c1cccc(-[n+]2[c-]n(-c3[c-]c(Oc4[c-]c5c(cc4)c4ccccc4n5-c4cc(C(C)(C)C)ccn4)ccn3)c3ccccc32)c1)C(C)C.[Pt]. The van der Waals surface area contributed by atoms with Crippen molar-refractivity contribution in [3.8, 4) is 28.8 Å². The molecule has 0 aliphatic heterocycles. The van der Waals surface area contributed by atoms with Crippen molar-refractivity contribution in [3.05, 3.63) is 145 Å². The first-order chi connectivity index (χ1) is 24.5. The molecule has 252 valence electrons. The molecule has 6 nitrogen and oxygen atoms in total. The Bertz CT molecular complexity index is 2580. The number of para-hydroxylation sites is 3. The van der Waals surface area contributed by atoms with Crippen LogP contribution in [0.2, 0.25) is 0 Å². The number of imidazole rings is 1. The Morgan fingerprint density at radius 2 is 1.56 bits per heavy atom. The van der Waals surface area contributed by atoms with Gasteiger partial charge in [-0.05, 0) is 64.7 Å². The molecule has 0 radical (unpaired) electrons. The number of fused-ring (bicyclic) bond motifs is 4. The minimum absolute atomic E-state index is 0. The molecule has 4 heterocycles. The van der Waals surface area contributed by atoms with Crippen LogP contribution in [-0.2, 0) is 32.9 Å². The second kappa shape index (κ2) is 13.3. The van der Waals surface area contributed by atoms with Gasteiger partial charge >= 0.3 is 0 Å². The van der Waals surface area contributed by atoms with Crippen LogP contribution in [0.25, 0.3) is 50.2 Å². The Labute approximate surface area is 310 Å². The summed E-state index contributed by atoms with van der Waals surface area (Å²) in [4.78, 5) is 9.44. The maximum atomic E-state index is 8.66. The molecule has 50 heavy (non-hydrogen) atoms. The van der Waals surface area contributed by atoms with E-state index in [9.17, 15) is 0 Å². The van der Waals surface area contributed by atoms with Crippen molar-refractivity contribution in [2.75, 3.05) is 0 Å². The normalized spacial score (nSPS) is 12.7.